The Kier molecular flexibility index (Phi) is 5.45. The zero-order valence-corrected chi connectivity index (χ0v) is 12.7. The predicted octanol–water partition coefficient (Wildman–Crippen LogP) is 0.902. The van der Waals surface area contributed by atoms with E-state index in [9.17, 15) is 19.6 Å². The third-order valence-corrected chi connectivity index (χ3v) is 2.96. The number of hydrogen-bond donors (Lipinski definition) is 1. The fourth-order valence-electron chi connectivity index (χ4n) is 1.77. The van der Waals surface area contributed by atoms with Crippen molar-refractivity contribution in [1.82, 2.24) is 0 Å². The van der Waals surface area contributed by atoms with Gasteiger partial charge in [-0.3, -0.25) is 4.79 Å². The van der Waals surface area contributed by atoms with Gasteiger partial charge in [-0.15, -0.1) is 0 Å². The highest BCUT2D eigenvalue weighted by molar-refractivity contribution is 5.96. The molecule has 0 aliphatic carbocycles. The largest absolute Gasteiger partial charge is 0.619 e. The molecule has 0 spiro atoms. The Morgan fingerprint density at radius 2 is 1.58 bits per heavy atom. The number of carbonyl (C=O) groups excluding carboxylic acids is 3. The molecule has 0 aliphatic rings. The smallest absolute Gasteiger partial charge is 0.339 e. The van der Waals surface area contributed by atoms with E-state index < -0.39 is 24.5 Å². The SMILES string of the molecule is COC(=O)c1ccc(NC(=O)COC(=O)c2cc[n+]([O-])cc2)cc1. The molecular formula is C16H14N2O6. The monoisotopic (exact) mass is 330 g/mol. The molecule has 0 saturated heterocycles. The van der Waals surface area contributed by atoms with Gasteiger partial charge in [-0.2, -0.15) is 4.73 Å². The van der Waals surface area contributed by atoms with Crippen molar-refractivity contribution < 1.29 is 28.6 Å². The van der Waals surface area contributed by atoms with Gasteiger partial charge in [-0.05, 0) is 24.3 Å². The van der Waals surface area contributed by atoms with Gasteiger partial charge in [-0.1, -0.05) is 0 Å². The van der Waals surface area contributed by atoms with E-state index in [1.807, 2.05) is 0 Å². The molecule has 24 heavy (non-hydrogen) atoms. The zero-order chi connectivity index (χ0) is 17.5. The average molecular weight is 330 g/mol. The van der Waals surface area contributed by atoms with Crippen molar-refractivity contribution in [2.45, 2.75) is 0 Å². The highest BCUT2D eigenvalue weighted by Crippen LogP contribution is 2.10. The molecule has 0 unspecified atom stereocenters. The summed E-state index contributed by atoms with van der Waals surface area (Å²) in [6, 6.07) is 8.62. The standard InChI is InChI=1S/C16H14N2O6/c1-23-15(20)11-2-4-13(5-3-11)17-14(19)10-24-16(21)12-6-8-18(22)9-7-12/h2-9H,10H2,1H3,(H,17,19). The number of benzene rings is 1. The first kappa shape index (κ1) is 16.9. The summed E-state index contributed by atoms with van der Waals surface area (Å²) in [4.78, 5) is 34.7. The minimum Gasteiger partial charge on any atom is -0.619 e. The number of anilines is 1. The number of ether oxygens (including phenoxy) is 2. The van der Waals surface area contributed by atoms with Crippen LogP contribution in [0.3, 0.4) is 0 Å². The molecule has 0 fully saturated rings. The second-order valence-corrected chi connectivity index (χ2v) is 4.64. The molecule has 1 amide bonds. The number of carbonyl (C=O) groups is 3. The maximum atomic E-state index is 11.7. The molecule has 8 heteroatoms. The summed E-state index contributed by atoms with van der Waals surface area (Å²) in [5.41, 5.74) is 0.953. The lowest BCUT2D eigenvalue weighted by Crippen LogP contribution is -2.25. The summed E-state index contributed by atoms with van der Waals surface area (Å²) in [5, 5.41) is 13.4. The Labute approximate surface area is 137 Å². The molecule has 0 radical (unpaired) electrons. The fourth-order valence-corrected chi connectivity index (χ4v) is 1.77. The molecule has 2 aromatic rings. The maximum Gasteiger partial charge on any atom is 0.339 e. The lowest BCUT2D eigenvalue weighted by atomic mass is 10.2. The van der Waals surface area contributed by atoms with Crippen LogP contribution in [0.2, 0.25) is 0 Å². The molecule has 1 aromatic heterocycles. The quantitative estimate of drug-likeness (QED) is 0.496. The highest BCUT2D eigenvalue weighted by atomic mass is 16.5. The minimum absolute atomic E-state index is 0.164. The molecule has 0 aliphatic heterocycles. The van der Waals surface area contributed by atoms with Gasteiger partial charge in [0.25, 0.3) is 5.91 Å². The van der Waals surface area contributed by atoms with Crippen LogP contribution in [0, 0.1) is 5.21 Å². The van der Waals surface area contributed by atoms with Crippen LogP contribution in [0.1, 0.15) is 20.7 Å². The Bertz CT molecular complexity index is 740. The van der Waals surface area contributed by atoms with E-state index in [1.165, 1.54) is 43.5 Å². The van der Waals surface area contributed by atoms with Gasteiger partial charge in [0.1, 0.15) is 0 Å². The number of methoxy groups -OCH3 is 1. The number of nitrogens with one attached hydrogen (secondary N) is 1. The van der Waals surface area contributed by atoms with Crippen molar-refractivity contribution in [3.05, 3.63) is 65.1 Å². The summed E-state index contributed by atoms with van der Waals surface area (Å²) in [5.74, 6) is -1.74. The average Bonchev–Trinajstić information content (AvgIpc) is 2.60. The van der Waals surface area contributed by atoms with Crippen molar-refractivity contribution >= 4 is 23.5 Å². The van der Waals surface area contributed by atoms with E-state index in [-0.39, 0.29) is 5.56 Å². The number of nitrogens with zero attached hydrogens (tertiary/aromatic N) is 1. The highest BCUT2D eigenvalue weighted by Gasteiger charge is 2.12. The van der Waals surface area contributed by atoms with Crippen LogP contribution >= 0.6 is 0 Å². The summed E-state index contributed by atoms with van der Waals surface area (Å²) in [6.45, 7) is -0.482. The Balaban J connectivity index is 1.85. The number of rotatable bonds is 5. The Morgan fingerprint density at radius 3 is 2.17 bits per heavy atom. The van der Waals surface area contributed by atoms with Crippen LogP contribution in [0.15, 0.2) is 48.8 Å². The van der Waals surface area contributed by atoms with Gasteiger partial charge in [-0.25, -0.2) is 9.59 Å². The van der Waals surface area contributed by atoms with Crippen LogP contribution in [0.25, 0.3) is 0 Å². The zero-order valence-electron chi connectivity index (χ0n) is 12.7. The normalized spacial score (nSPS) is 9.88. The second-order valence-electron chi connectivity index (χ2n) is 4.64. The number of pyridine rings is 1. The van der Waals surface area contributed by atoms with Crippen molar-refractivity contribution in [3.63, 3.8) is 0 Å². The van der Waals surface area contributed by atoms with Crippen LogP contribution in [-0.2, 0) is 14.3 Å². The predicted molar refractivity (Wildman–Crippen MR) is 82.1 cm³/mol. The summed E-state index contributed by atoms with van der Waals surface area (Å²) in [7, 11) is 1.27. The first-order valence-electron chi connectivity index (χ1n) is 6.84. The van der Waals surface area contributed by atoms with E-state index in [0.717, 1.165) is 12.4 Å². The topological polar surface area (TPSA) is 109 Å². The third-order valence-electron chi connectivity index (χ3n) is 2.96. The molecular weight excluding hydrogens is 316 g/mol. The lowest BCUT2D eigenvalue weighted by molar-refractivity contribution is -0.605. The van der Waals surface area contributed by atoms with Crippen molar-refractivity contribution in [1.29, 1.82) is 0 Å². The molecule has 0 saturated carbocycles. The van der Waals surface area contributed by atoms with E-state index in [4.69, 9.17) is 4.74 Å². The van der Waals surface area contributed by atoms with Crippen molar-refractivity contribution in [2.24, 2.45) is 0 Å². The molecule has 8 nitrogen and oxygen atoms in total. The lowest BCUT2D eigenvalue weighted by Gasteiger charge is -2.07. The first-order chi connectivity index (χ1) is 11.5. The Hall–Kier alpha value is -3.42. The van der Waals surface area contributed by atoms with Crippen LogP contribution in [-0.4, -0.2) is 31.6 Å². The summed E-state index contributed by atoms with van der Waals surface area (Å²) in [6.07, 6.45) is 2.30. The van der Waals surface area contributed by atoms with E-state index in [2.05, 4.69) is 10.1 Å². The fraction of sp³-hybridized carbons (Fsp3) is 0.125. The first-order valence-corrected chi connectivity index (χ1v) is 6.84. The van der Waals surface area contributed by atoms with Gasteiger partial charge in [0.05, 0.1) is 18.2 Å². The van der Waals surface area contributed by atoms with Crippen molar-refractivity contribution in [3.8, 4) is 0 Å². The second kappa shape index (κ2) is 7.73. The molecule has 1 N–H and O–H groups in total. The number of aromatic nitrogens is 1. The molecule has 1 aromatic carbocycles. The van der Waals surface area contributed by atoms with Gasteiger partial charge >= 0.3 is 11.9 Å². The number of esters is 2. The van der Waals surface area contributed by atoms with E-state index in [0.29, 0.717) is 16.0 Å². The molecule has 0 atom stereocenters. The van der Waals surface area contributed by atoms with Gasteiger partial charge in [0.15, 0.2) is 19.0 Å². The molecule has 124 valence electrons. The van der Waals surface area contributed by atoms with Gasteiger partial charge in [0, 0.05) is 17.8 Å². The third kappa shape index (κ3) is 4.54. The van der Waals surface area contributed by atoms with Gasteiger partial charge in [0.2, 0.25) is 0 Å². The van der Waals surface area contributed by atoms with Crippen LogP contribution < -0.4 is 10.0 Å². The molecule has 1 heterocycles. The van der Waals surface area contributed by atoms with E-state index in [1.54, 1.807) is 0 Å². The van der Waals surface area contributed by atoms with Gasteiger partial charge < -0.3 is 20.0 Å². The number of hydrogen-bond acceptors (Lipinski definition) is 6. The minimum atomic E-state index is -0.716. The Morgan fingerprint density at radius 1 is 1.00 bits per heavy atom. The molecule has 0 bridgehead atoms. The maximum absolute atomic E-state index is 11.7. The van der Waals surface area contributed by atoms with Crippen LogP contribution in [0.4, 0.5) is 5.69 Å². The number of amides is 1. The summed E-state index contributed by atoms with van der Waals surface area (Å²) >= 11 is 0. The van der Waals surface area contributed by atoms with E-state index >= 15 is 0 Å². The molecule has 2 rings (SSSR count). The van der Waals surface area contributed by atoms with Crippen LogP contribution in [0.5, 0.6) is 0 Å². The van der Waals surface area contributed by atoms with Crippen molar-refractivity contribution in [2.75, 3.05) is 19.0 Å². The summed E-state index contributed by atoms with van der Waals surface area (Å²) < 4.78 is 9.94.